The van der Waals surface area contributed by atoms with Crippen LogP contribution in [0.2, 0.25) is 0 Å². The van der Waals surface area contributed by atoms with E-state index in [1.54, 1.807) is 0 Å². The van der Waals surface area contributed by atoms with Crippen molar-refractivity contribution < 1.29 is 23.0 Å². The Balaban J connectivity index is 3.30. The smallest absolute Gasteiger partial charge is 0.250 e. The van der Waals surface area contributed by atoms with E-state index in [0.29, 0.717) is 11.3 Å². The molecule has 1 aromatic rings. The van der Waals surface area contributed by atoms with E-state index in [2.05, 4.69) is 0 Å². The van der Waals surface area contributed by atoms with Crippen LogP contribution in [0.4, 0.5) is 4.39 Å². The number of hydrogen-bond acceptors (Lipinski definition) is 5. The van der Waals surface area contributed by atoms with Crippen molar-refractivity contribution in [2.24, 2.45) is 5.14 Å². The molecule has 0 aliphatic heterocycles. The Hall–Kier alpha value is -0.540. The van der Waals surface area contributed by atoms with E-state index in [-0.39, 0.29) is 4.88 Å². The van der Waals surface area contributed by atoms with Gasteiger partial charge in [0, 0.05) is 4.88 Å². The van der Waals surface area contributed by atoms with Crippen LogP contribution in [0.5, 0.6) is 0 Å². The molecule has 0 fully saturated rings. The molecule has 0 saturated carbocycles. The van der Waals surface area contributed by atoms with Gasteiger partial charge in [-0.2, -0.15) is 0 Å². The first kappa shape index (κ1) is 12.5. The van der Waals surface area contributed by atoms with Crippen LogP contribution in [-0.4, -0.2) is 25.2 Å². The highest BCUT2D eigenvalue weighted by atomic mass is 32.2. The summed E-state index contributed by atoms with van der Waals surface area (Å²) in [4.78, 5) is 0.00604. The Morgan fingerprint density at radius 2 is 2.20 bits per heavy atom. The highest BCUT2D eigenvalue weighted by Crippen LogP contribution is 2.32. The Bertz CT molecular complexity index is 465. The van der Waals surface area contributed by atoms with Gasteiger partial charge in [0.05, 0.1) is 6.61 Å². The predicted octanol–water partition coefficient (Wildman–Crippen LogP) is -0.266. The van der Waals surface area contributed by atoms with Gasteiger partial charge in [-0.15, -0.1) is 11.3 Å². The lowest BCUT2D eigenvalue weighted by Crippen LogP contribution is -2.24. The summed E-state index contributed by atoms with van der Waals surface area (Å²) >= 11 is 0.500. The van der Waals surface area contributed by atoms with Crippen molar-refractivity contribution in [3.05, 3.63) is 16.8 Å². The first-order valence-corrected chi connectivity index (χ1v) is 6.20. The lowest BCUT2D eigenvalue weighted by atomic mass is 10.1. The van der Waals surface area contributed by atoms with Gasteiger partial charge >= 0.3 is 0 Å². The van der Waals surface area contributed by atoms with E-state index in [0.717, 1.165) is 6.07 Å². The molecule has 1 aromatic heterocycles. The fraction of sp³-hybridized carbons (Fsp3) is 0.429. The maximum absolute atomic E-state index is 13.1. The molecule has 8 heteroatoms. The number of sulfonamides is 1. The first-order valence-electron chi connectivity index (χ1n) is 3.84. The number of rotatable bonds is 3. The maximum Gasteiger partial charge on any atom is 0.250 e. The zero-order chi connectivity index (χ0) is 11.9. The fourth-order valence-electron chi connectivity index (χ4n) is 0.889. The summed E-state index contributed by atoms with van der Waals surface area (Å²) in [5, 5.41) is 23.1. The van der Waals surface area contributed by atoms with Gasteiger partial charge < -0.3 is 10.2 Å². The summed E-state index contributed by atoms with van der Waals surface area (Å²) in [6, 6.07) is 0.848. The molecule has 1 atom stereocenters. The van der Waals surface area contributed by atoms with Gasteiger partial charge in [0.25, 0.3) is 10.0 Å². The van der Waals surface area contributed by atoms with Gasteiger partial charge in [0.2, 0.25) is 0 Å². The van der Waals surface area contributed by atoms with Crippen LogP contribution in [-0.2, 0) is 15.6 Å². The molecule has 0 saturated heterocycles. The molecule has 5 nitrogen and oxygen atoms in total. The van der Waals surface area contributed by atoms with Gasteiger partial charge in [-0.25, -0.2) is 17.9 Å². The summed E-state index contributed by atoms with van der Waals surface area (Å²) in [7, 11) is -4.13. The third kappa shape index (κ3) is 2.52. The topological polar surface area (TPSA) is 101 Å². The number of aliphatic hydroxyl groups is 2. The Morgan fingerprint density at radius 1 is 1.67 bits per heavy atom. The molecule has 1 rings (SSSR count). The Morgan fingerprint density at radius 3 is 2.53 bits per heavy atom. The molecule has 15 heavy (non-hydrogen) atoms. The summed E-state index contributed by atoms with van der Waals surface area (Å²) in [6.45, 7) is 0.599. The third-order valence-electron chi connectivity index (χ3n) is 1.75. The van der Waals surface area contributed by atoms with Crippen molar-refractivity contribution in [3.8, 4) is 0 Å². The molecule has 1 heterocycles. The van der Waals surface area contributed by atoms with Gasteiger partial charge in [0.15, 0.2) is 10.0 Å². The lowest BCUT2D eigenvalue weighted by molar-refractivity contribution is 0.000655. The minimum atomic E-state index is -4.13. The molecule has 0 aliphatic rings. The summed E-state index contributed by atoms with van der Waals surface area (Å²) < 4.78 is 34.3. The number of hydrogen-bond donors (Lipinski definition) is 3. The Labute approximate surface area is 90.0 Å². The fourth-order valence-corrected chi connectivity index (χ4v) is 2.76. The highest BCUT2D eigenvalue weighted by molar-refractivity contribution is 7.91. The zero-order valence-corrected chi connectivity index (χ0v) is 9.40. The summed E-state index contributed by atoms with van der Waals surface area (Å²) in [5.41, 5.74) is -1.67. The van der Waals surface area contributed by atoms with Crippen molar-refractivity contribution in [2.45, 2.75) is 16.7 Å². The summed E-state index contributed by atoms with van der Waals surface area (Å²) in [6.07, 6.45) is 0. The Kier molecular flexibility index (Phi) is 3.17. The number of thiophene rings is 1. The molecule has 0 aliphatic carbocycles. The third-order valence-corrected chi connectivity index (χ3v) is 4.57. The van der Waals surface area contributed by atoms with Crippen molar-refractivity contribution >= 4 is 21.4 Å². The average Bonchev–Trinajstić information content (AvgIpc) is 2.47. The SMILES string of the molecule is C[C@@](O)(CO)c1cc(F)c(S(N)(=O)=O)s1. The van der Waals surface area contributed by atoms with Crippen LogP contribution in [0.3, 0.4) is 0 Å². The molecule has 0 amide bonds. The lowest BCUT2D eigenvalue weighted by Gasteiger charge is -2.17. The van der Waals surface area contributed by atoms with Crippen molar-refractivity contribution in [1.82, 2.24) is 0 Å². The number of aliphatic hydroxyl groups excluding tert-OH is 1. The molecular weight excluding hydrogens is 245 g/mol. The maximum atomic E-state index is 13.1. The second-order valence-corrected chi connectivity index (χ2v) is 6.03. The predicted molar refractivity (Wildman–Crippen MR) is 52.3 cm³/mol. The molecule has 0 unspecified atom stereocenters. The van der Waals surface area contributed by atoms with Crippen LogP contribution in [0.1, 0.15) is 11.8 Å². The van der Waals surface area contributed by atoms with Crippen LogP contribution in [0.15, 0.2) is 10.3 Å². The summed E-state index contributed by atoms with van der Waals surface area (Å²) in [5.74, 6) is -1.02. The van der Waals surface area contributed by atoms with E-state index in [9.17, 15) is 17.9 Å². The molecule has 0 spiro atoms. The number of halogens is 1. The van der Waals surface area contributed by atoms with Crippen molar-refractivity contribution in [2.75, 3.05) is 6.61 Å². The van der Waals surface area contributed by atoms with Gasteiger partial charge in [0.1, 0.15) is 5.60 Å². The minimum absolute atomic E-state index is 0.00604. The molecule has 4 N–H and O–H groups in total. The van der Waals surface area contributed by atoms with Gasteiger partial charge in [-0.3, -0.25) is 0 Å². The number of nitrogens with two attached hydrogens (primary N) is 1. The minimum Gasteiger partial charge on any atom is -0.393 e. The van der Waals surface area contributed by atoms with Crippen LogP contribution < -0.4 is 5.14 Å². The van der Waals surface area contributed by atoms with Gasteiger partial charge in [-0.1, -0.05) is 0 Å². The molecular formula is C7H10FNO4S2. The molecule has 86 valence electrons. The van der Waals surface area contributed by atoms with E-state index in [4.69, 9.17) is 10.2 Å². The normalized spacial score (nSPS) is 16.3. The van der Waals surface area contributed by atoms with Crippen LogP contribution >= 0.6 is 11.3 Å². The first-order chi connectivity index (χ1) is 6.68. The largest absolute Gasteiger partial charge is 0.393 e. The van der Waals surface area contributed by atoms with E-state index in [1.807, 2.05) is 0 Å². The van der Waals surface area contributed by atoms with E-state index in [1.165, 1.54) is 6.92 Å². The van der Waals surface area contributed by atoms with Gasteiger partial charge in [-0.05, 0) is 13.0 Å². The molecule has 0 radical (unpaired) electrons. The second-order valence-electron chi connectivity index (χ2n) is 3.22. The molecule has 0 aromatic carbocycles. The second kappa shape index (κ2) is 3.80. The van der Waals surface area contributed by atoms with Crippen LogP contribution in [0, 0.1) is 5.82 Å². The standard InChI is InChI=1S/C7H10FNO4S2/c1-7(11,3-10)5-2-4(8)6(14-5)15(9,12)13/h2,10-11H,3H2,1H3,(H2,9,12,13)/t7-/m1/s1. The van der Waals surface area contributed by atoms with Crippen LogP contribution in [0.25, 0.3) is 0 Å². The van der Waals surface area contributed by atoms with E-state index < -0.39 is 32.3 Å². The van der Waals surface area contributed by atoms with Crippen molar-refractivity contribution in [1.29, 1.82) is 0 Å². The number of primary sulfonamides is 1. The average molecular weight is 255 g/mol. The monoisotopic (exact) mass is 255 g/mol. The zero-order valence-electron chi connectivity index (χ0n) is 7.77. The highest BCUT2D eigenvalue weighted by Gasteiger charge is 2.29. The molecule has 0 bridgehead atoms. The van der Waals surface area contributed by atoms with E-state index >= 15 is 0 Å². The van der Waals surface area contributed by atoms with Crippen molar-refractivity contribution in [3.63, 3.8) is 0 Å². The quantitative estimate of drug-likeness (QED) is 0.692.